The highest BCUT2D eigenvalue weighted by Gasteiger charge is 2.47. The number of ether oxygens (including phenoxy) is 1. The molecule has 2 saturated carbocycles. The summed E-state index contributed by atoms with van der Waals surface area (Å²) in [5.41, 5.74) is 1.18. The van der Waals surface area contributed by atoms with Crippen LogP contribution in [0.1, 0.15) is 64.7 Å². The first-order chi connectivity index (χ1) is 14.7. The van der Waals surface area contributed by atoms with Crippen molar-refractivity contribution in [3.8, 4) is 0 Å². The second-order valence-corrected chi connectivity index (χ2v) is 9.22. The van der Waals surface area contributed by atoms with E-state index in [0.29, 0.717) is 17.9 Å². The Morgan fingerprint density at radius 2 is 1.93 bits per heavy atom. The number of aliphatic hydroxyl groups is 2. The first-order valence-electron chi connectivity index (χ1n) is 12.1. The number of rotatable bonds is 13. The van der Waals surface area contributed by atoms with Crippen molar-refractivity contribution in [1.29, 1.82) is 0 Å². The smallest absolute Gasteiger partial charge is 0.0721 e. The van der Waals surface area contributed by atoms with Gasteiger partial charge >= 0.3 is 0 Å². The zero-order valence-corrected chi connectivity index (χ0v) is 18.6. The van der Waals surface area contributed by atoms with Gasteiger partial charge in [-0.25, -0.2) is 0 Å². The average Bonchev–Trinajstić information content (AvgIpc) is 3.26. The van der Waals surface area contributed by atoms with E-state index in [0.717, 1.165) is 58.1 Å². The van der Waals surface area contributed by atoms with E-state index in [4.69, 9.17) is 4.74 Å². The van der Waals surface area contributed by atoms with Crippen LogP contribution in [-0.2, 0) is 4.74 Å². The van der Waals surface area contributed by atoms with Crippen LogP contribution >= 0.6 is 0 Å². The lowest BCUT2D eigenvalue weighted by atomic mass is 9.90. The van der Waals surface area contributed by atoms with Gasteiger partial charge in [0.1, 0.15) is 0 Å². The number of hydrogen-bond donors (Lipinski definition) is 3. The molecule has 2 fully saturated rings. The van der Waals surface area contributed by atoms with Gasteiger partial charge in [-0.05, 0) is 62.5 Å². The Balaban J connectivity index is 1.32. The molecule has 0 heterocycles. The number of benzene rings is 1. The molecular weight excluding hydrogens is 374 g/mol. The summed E-state index contributed by atoms with van der Waals surface area (Å²) < 4.78 is 6.18. The molecule has 3 rings (SSSR count). The Kier molecular flexibility index (Phi) is 9.70. The lowest BCUT2D eigenvalue weighted by Gasteiger charge is -2.19. The lowest BCUT2D eigenvalue weighted by molar-refractivity contribution is 0.0418. The third-order valence-corrected chi connectivity index (χ3v) is 6.88. The van der Waals surface area contributed by atoms with Crippen LogP contribution in [0.2, 0.25) is 0 Å². The molecule has 0 spiro atoms. The van der Waals surface area contributed by atoms with Gasteiger partial charge < -0.3 is 20.3 Å². The van der Waals surface area contributed by atoms with E-state index in [1.54, 1.807) is 0 Å². The lowest BCUT2D eigenvalue weighted by Crippen LogP contribution is -2.20. The molecule has 1 aromatic carbocycles. The van der Waals surface area contributed by atoms with E-state index < -0.39 is 0 Å². The Morgan fingerprint density at radius 3 is 2.73 bits per heavy atom. The standard InChI is InChI=1S/C26H41NO3/c1-2-3-5-12-22(28)13-14-24-25-19-23(17-20(25)18-26(24)29)30-16-9-8-15-27-21-10-6-4-7-11-21/h4,6-7,10-11,13-14,20,22-29H,2-3,5,8-9,12,15-19H2,1H3/t20-,22?,23?,24-,25+,26+/m0/s1. The minimum Gasteiger partial charge on any atom is -0.392 e. The Labute approximate surface area is 182 Å². The Hall–Kier alpha value is -1.36. The number of unbranched alkanes of at least 4 members (excludes halogenated alkanes) is 3. The fourth-order valence-electron chi connectivity index (χ4n) is 5.23. The van der Waals surface area contributed by atoms with E-state index >= 15 is 0 Å². The van der Waals surface area contributed by atoms with Gasteiger partial charge in [-0.15, -0.1) is 0 Å². The number of aliphatic hydroxyl groups excluding tert-OH is 2. The van der Waals surface area contributed by atoms with E-state index in [2.05, 4.69) is 42.6 Å². The van der Waals surface area contributed by atoms with Crippen molar-refractivity contribution in [3.63, 3.8) is 0 Å². The van der Waals surface area contributed by atoms with Gasteiger partial charge in [0.05, 0.1) is 18.3 Å². The predicted octanol–water partition coefficient (Wildman–Crippen LogP) is 5.17. The number of fused-ring (bicyclic) bond motifs is 1. The Bertz CT molecular complexity index is 620. The molecule has 0 saturated heterocycles. The van der Waals surface area contributed by atoms with Crippen molar-refractivity contribution < 1.29 is 14.9 Å². The van der Waals surface area contributed by atoms with Crippen LogP contribution in [0.4, 0.5) is 5.69 Å². The van der Waals surface area contributed by atoms with Gasteiger partial charge in [-0.2, -0.15) is 0 Å². The van der Waals surface area contributed by atoms with Crippen LogP contribution in [0.3, 0.4) is 0 Å². The first kappa shape index (κ1) is 23.3. The molecule has 6 atom stereocenters. The van der Waals surface area contributed by atoms with Crippen molar-refractivity contribution in [1.82, 2.24) is 0 Å². The molecule has 2 unspecified atom stereocenters. The zero-order valence-electron chi connectivity index (χ0n) is 18.6. The second kappa shape index (κ2) is 12.5. The summed E-state index contributed by atoms with van der Waals surface area (Å²) in [7, 11) is 0. The second-order valence-electron chi connectivity index (χ2n) is 9.22. The number of para-hydroxylation sites is 1. The molecule has 30 heavy (non-hydrogen) atoms. The molecule has 168 valence electrons. The molecule has 0 radical (unpaired) electrons. The summed E-state index contributed by atoms with van der Waals surface area (Å²) in [5.74, 6) is 1.25. The fraction of sp³-hybridized carbons (Fsp3) is 0.692. The third-order valence-electron chi connectivity index (χ3n) is 6.88. The summed E-state index contributed by atoms with van der Waals surface area (Å²) in [6.45, 7) is 3.97. The van der Waals surface area contributed by atoms with Crippen LogP contribution in [-0.4, -0.2) is 41.7 Å². The van der Waals surface area contributed by atoms with E-state index in [-0.39, 0.29) is 18.1 Å². The van der Waals surface area contributed by atoms with Crippen molar-refractivity contribution >= 4 is 5.69 Å². The minimum absolute atomic E-state index is 0.180. The molecule has 2 aliphatic rings. The van der Waals surface area contributed by atoms with Gasteiger partial charge in [-0.3, -0.25) is 0 Å². The van der Waals surface area contributed by atoms with Crippen molar-refractivity contribution in [3.05, 3.63) is 42.5 Å². The van der Waals surface area contributed by atoms with Gasteiger partial charge in [0.2, 0.25) is 0 Å². The third kappa shape index (κ3) is 7.11. The molecule has 3 N–H and O–H groups in total. The summed E-state index contributed by atoms with van der Waals surface area (Å²) in [6, 6.07) is 10.3. The molecule has 0 aromatic heterocycles. The summed E-state index contributed by atoms with van der Waals surface area (Å²) in [4.78, 5) is 0. The van der Waals surface area contributed by atoms with Crippen LogP contribution in [0.5, 0.6) is 0 Å². The largest absolute Gasteiger partial charge is 0.392 e. The molecule has 4 heteroatoms. The molecule has 1 aromatic rings. The molecule has 0 amide bonds. The van der Waals surface area contributed by atoms with E-state index in [1.165, 1.54) is 18.5 Å². The average molecular weight is 416 g/mol. The highest BCUT2D eigenvalue weighted by atomic mass is 16.5. The van der Waals surface area contributed by atoms with Gasteiger partial charge in [0, 0.05) is 24.8 Å². The normalized spacial score (nSPS) is 29.4. The highest BCUT2D eigenvalue weighted by Crippen LogP contribution is 2.49. The maximum absolute atomic E-state index is 10.5. The maximum atomic E-state index is 10.5. The van der Waals surface area contributed by atoms with Crippen molar-refractivity contribution in [2.24, 2.45) is 17.8 Å². The van der Waals surface area contributed by atoms with Gasteiger partial charge in [0.25, 0.3) is 0 Å². The summed E-state index contributed by atoms with van der Waals surface area (Å²) in [6.07, 6.45) is 13.1. The number of nitrogens with one attached hydrogen (secondary N) is 1. The van der Waals surface area contributed by atoms with Crippen molar-refractivity contribution in [2.75, 3.05) is 18.5 Å². The zero-order chi connectivity index (χ0) is 21.2. The SMILES string of the molecule is CCCCCC(O)C=C[C@H]1[C@@H]2CC(OCCCCNc3ccccc3)C[C@H]2C[C@H]1O. The van der Waals surface area contributed by atoms with Gasteiger partial charge in [0.15, 0.2) is 0 Å². The first-order valence-corrected chi connectivity index (χ1v) is 12.1. The molecule has 2 aliphatic carbocycles. The van der Waals surface area contributed by atoms with E-state index in [1.807, 2.05) is 12.1 Å². The number of hydrogen-bond acceptors (Lipinski definition) is 4. The molecular formula is C26H41NO3. The van der Waals surface area contributed by atoms with E-state index in [9.17, 15) is 10.2 Å². The molecule has 0 bridgehead atoms. The molecule has 0 aliphatic heterocycles. The maximum Gasteiger partial charge on any atom is 0.0721 e. The predicted molar refractivity (Wildman–Crippen MR) is 124 cm³/mol. The quantitative estimate of drug-likeness (QED) is 0.307. The summed E-state index contributed by atoms with van der Waals surface area (Å²) in [5, 5.41) is 24.1. The highest BCUT2D eigenvalue weighted by molar-refractivity contribution is 5.42. The van der Waals surface area contributed by atoms with Crippen LogP contribution < -0.4 is 5.32 Å². The topological polar surface area (TPSA) is 61.7 Å². The monoisotopic (exact) mass is 415 g/mol. The van der Waals surface area contributed by atoms with Crippen LogP contribution in [0.25, 0.3) is 0 Å². The van der Waals surface area contributed by atoms with Crippen LogP contribution in [0.15, 0.2) is 42.5 Å². The van der Waals surface area contributed by atoms with Gasteiger partial charge in [-0.1, -0.05) is 56.5 Å². The molecule has 4 nitrogen and oxygen atoms in total. The Morgan fingerprint density at radius 1 is 1.10 bits per heavy atom. The van der Waals surface area contributed by atoms with Crippen molar-refractivity contribution in [2.45, 2.75) is 83.0 Å². The summed E-state index contributed by atoms with van der Waals surface area (Å²) >= 11 is 0. The van der Waals surface area contributed by atoms with Crippen LogP contribution in [0, 0.1) is 17.8 Å². The number of anilines is 1. The fourth-order valence-corrected chi connectivity index (χ4v) is 5.23. The minimum atomic E-state index is -0.374.